The van der Waals surface area contributed by atoms with Crippen LogP contribution in [0.3, 0.4) is 0 Å². The van der Waals surface area contributed by atoms with Gasteiger partial charge in [0, 0.05) is 32.4 Å². The SMILES string of the molecule is CCOC(=O)C1CCCN(/C=C(/C#N)C(=O)N(C)C2CCCCC2)C1. The molecule has 0 bridgehead atoms. The molecule has 1 saturated carbocycles. The molecule has 138 valence electrons. The molecule has 0 N–H and O–H groups in total. The van der Waals surface area contributed by atoms with Gasteiger partial charge in [-0.05, 0) is 32.6 Å². The maximum Gasteiger partial charge on any atom is 0.310 e. The molecule has 6 nitrogen and oxygen atoms in total. The topological polar surface area (TPSA) is 73.6 Å². The predicted molar refractivity (Wildman–Crippen MR) is 94.3 cm³/mol. The van der Waals surface area contributed by atoms with E-state index in [0.717, 1.165) is 45.1 Å². The Labute approximate surface area is 150 Å². The Morgan fingerprint density at radius 2 is 1.96 bits per heavy atom. The summed E-state index contributed by atoms with van der Waals surface area (Å²) in [4.78, 5) is 28.3. The second-order valence-electron chi connectivity index (χ2n) is 6.95. The molecule has 1 heterocycles. The molecule has 1 aliphatic heterocycles. The first-order chi connectivity index (χ1) is 12.1. The number of nitriles is 1. The van der Waals surface area contributed by atoms with E-state index >= 15 is 0 Å². The van der Waals surface area contributed by atoms with Crippen molar-refractivity contribution in [2.45, 2.75) is 57.9 Å². The molecule has 1 saturated heterocycles. The number of amides is 1. The van der Waals surface area contributed by atoms with Gasteiger partial charge in [0.25, 0.3) is 5.91 Å². The zero-order valence-corrected chi connectivity index (χ0v) is 15.4. The minimum Gasteiger partial charge on any atom is -0.466 e. The number of piperidine rings is 1. The van der Waals surface area contributed by atoms with Crippen molar-refractivity contribution in [3.05, 3.63) is 11.8 Å². The van der Waals surface area contributed by atoms with Gasteiger partial charge in [-0.15, -0.1) is 0 Å². The van der Waals surface area contributed by atoms with Gasteiger partial charge >= 0.3 is 5.97 Å². The quantitative estimate of drug-likeness (QED) is 0.434. The first-order valence-electron chi connectivity index (χ1n) is 9.36. The zero-order valence-electron chi connectivity index (χ0n) is 15.4. The van der Waals surface area contributed by atoms with Crippen LogP contribution in [0.1, 0.15) is 51.9 Å². The van der Waals surface area contributed by atoms with Crippen molar-refractivity contribution in [1.29, 1.82) is 5.26 Å². The van der Waals surface area contributed by atoms with Crippen molar-refractivity contribution in [2.75, 3.05) is 26.7 Å². The standard InChI is InChI=1S/C19H29N3O3/c1-3-25-19(24)15-8-7-11-22(13-15)14-16(12-20)18(23)21(2)17-9-5-4-6-10-17/h14-15,17H,3-11,13H2,1-2H3/b16-14-. The van der Waals surface area contributed by atoms with Crippen LogP contribution in [-0.4, -0.2) is 54.5 Å². The maximum absolute atomic E-state index is 12.7. The third-order valence-electron chi connectivity index (χ3n) is 5.18. The Morgan fingerprint density at radius 1 is 1.24 bits per heavy atom. The van der Waals surface area contributed by atoms with Gasteiger partial charge in [0.1, 0.15) is 11.6 Å². The summed E-state index contributed by atoms with van der Waals surface area (Å²) < 4.78 is 5.10. The van der Waals surface area contributed by atoms with E-state index in [2.05, 4.69) is 6.07 Å². The van der Waals surface area contributed by atoms with Crippen LogP contribution >= 0.6 is 0 Å². The Bertz CT molecular complexity index is 547. The highest BCUT2D eigenvalue weighted by Gasteiger charge is 2.28. The molecule has 1 atom stereocenters. The molecule has 25 heavy (non-hydrogen) atoms. The molecule has 0 aromatic heterocycles. The number of carbonyl (C=O) groups excluding carboxylic acids is 2. The number of hydrogen-bond donors (Lipinski definition) is 0. The third kappa shape index (κ3) is 5.22. The predicted octanol–water partition coefficient (Wildman–Crippen LogP) is 2.46. The molecule has 1 aliphatic carbocycles. The van der Waals surface area contributed by atoms with Gasteiger partial charge in [0.2, 0.25) is 0 Å². The van der Waals surface area contributed by atoms with Crippen molar-refractivity contribution in [1.82, 2.24) is 9.80 Å². The number of carbonyl (C=O) groups is 2. The minimum atomic E-state index is -0.215. The highest BCUT2D eigenvalue weighted by Crippen LogP contribution is 2.23. The van der Waals surface area contributed by atoms with Crippen LogP contribution < -0.4 is 0 Å². The number of hydrogen-bond acceptors (Lipinski definition) is 5. The minimum absolute atomic E-state index is 0.151. The van der Waals surface area contributed by atoms with E-state index in [0.29, 0.717) is 13.2 Å². The van der Waals surface area contributed by atoms with E-state index in [1.807, 2.05) is 4.90 Å². The lowest BCUT2D eigenvalue weighted by Gasteiger charge is -2.33. The Balaban J connectivity index is 2.01. The smallest absolute Gasteiger partial charge is 0.310 e. The van der Waals surface area contributed by atoms with Gasteiger partial charge < -0.3 is 14.5 Å². The van der Waals surface area contributed by atoms with Crippen LogP contribution in [0.4, 0.5) is 0 Å². The molecule has 0 aromatic carbocycles. The Morgan fingerprint density at radius 3 is 2.60 bits per heavy atom. The molecule has 0 aromatic rings. The summed E-state index contributed by atoms with van der Waals surface area (Å²) in [6.45, 7) is 3.43. The van der Waals surface area contributed by atoms with Gasteiger partial charge in [0.05, 0.1) is 12.5 Å². The van der Waals surface area contributed by atoms with Crippen LogP contribution in [0.25, 0.3) is 0 Å². The van der Waals surface area contributed by atoms with Gasteiger partial charge in [-0.3, -0.25) is 9.59 Å². The first kappa shape index (κ1) is 19.3. The van der Waals surface area contributed by atoms with E-state index < -0.39 is 0 Å². The van der Waals surface area contributed by atoms with Gasteiger partial charge in [-0.2, -0.15) is 5.26 Å². The van der Waals surface area contributed by atoms with E-state index in [-0.39, 0.29) is 29.4 Å². The van der Waals surface area contributed by atoms with Gasteiger partial charge in [-0.25, -0.2) is 0 Å². The van der Waals surface area contributed by atoms with E-state index in [1.54, 1.807) is 25.1 Å². The summed E-state index contributed by atoms with van der Waals surface area (Å²) in [5.41, 5.74) is 0.151. The van der Waals surface area contributed by atoms with E-state index in [9.17, 15) is 14.9 Å². The molecular formula is C19H29N3O3. The first-order valence-corrected chi connectivity index (χ1v) is 9.36. The summed E-state index contributed by atoms with van der Waals surface area (Å²) >= 11 is 0. The highest BCUT2D eigenvalue weighted by atomic mass is 16.5. The van der Waals surface area contributed by atoms with Crippen LogP contribution in [0.15, 0.2) is 11.8 Å². The fourth-order valence-corrected chi connectivity index (χ4v) is 3.71. The van der Waals surface area contributed by atoms with Crippen molar-refractivity contribution >= 4 is 11.9 Å². The normalized spacial score (nSPS) is 22.2. The lowest BCUT2D eigenvalue weighted by Crippen LogP contribution is -2.40. The Kier molecular flexibility index (Phi) is 7.30. The molecule has 6 heteroatoms. The monoisotopic (exact) mass is 347 g/mol. The summed E-state index contributed by atoms with van der Waals surface area (Å²) in [5.74, 6) is -0.589. The third-order valence-corrected chi connectivity index (χ3v) is 5.18. The number of ether oxygens (including phenoxy) is 1. The van der Waals surface area contributed by atoms with Crippen molar-refractivity contribution in [3.8, 4) is 6.07 Å². The van der Waals surface area contributed by atoms with E-state index in [4.69, 9.17) is 4.74 Å². The van der Waals surface area contributed by atoms with Crippen LogP contribution in [-0.2, 0) is 14.3 Å². The average Bonchev–Trinajstić information content (AvgIpc) is 2.66. The summed E-state index contributed by atoms with van der Waals surface area (Å²) in [6.07, 6.45) is 8.80. The zero-order chi connectivity index (χ0) is 18.2. The molecular weight excluding hydrogens is 318 g/mol. The molecule has 2 rings (SSSR count). The van der Waals surface area contributed by atoms with Gasteiger partial charge in [-0.1, -0.05) is 19.3 Å². The number of esters is 1. The molecule has 1 unspecified atom stereocenters. The second kappa shape index (κ2) is 9.45. The fraction of sp³-hybridized carbons (Fsp3) is 0.737. The van der Waals surface area contributed by atoms with Crippen molar-refractivity contribution in [3.63, 3.8) is 0 Å². The lowest BCUT2D eigenvalue weighted by molar-refractivity contribution is -0.149. The summed E-state index contributed by atoms with van der Waals surface area (Å²) in [5, 5.41) is 9.45. The maximum atomic E-state index is 12.7. The van der Waals surface area contributed by atoms with Crippen molar-refractivity contribution < 1.29 is 14.3 Å². The van der Waals surface area contributed by atoms with Crippen molar-refractivity contribution in [2.24, 2.45) is 5.92 Å². The summed E-state index contributed by atoms with van der Waals surface area (Å²) in [7, 11) is 1.79. The molecule has 1 amide bonds. The molecule has 0 spiro atoms. The fourth-order valence-electron chi connectivity index (χ4n) is 3.71. The average molecular weight is 347 g/mol. The van der Waals surface area contributed by atoms with Crippen LogP contribution in [0.5, 0.6) is 0 Å². The molecule has 0 radical (unpaired) electrons. The number of nitrogens with zero attached hydrogens (tertiary/aromatic N) is 3. The van der Waals surface area contributed by atoms with Gasteiger partial charge in [0.15, 0.2) is 0 Å². The second-order valence-corrected chi connectivity index (χ2v) is 6.95. The van der Waals surface area contributed by atoms with E-state index in [1.165, 1.54) is 6.42 Å². The van der Waals surface area contributed by atoms with Crippen LogP contribution in [0.2, 0.25) is 0 Å². The van der Waals surface area contributed by atoms with Crippen LogP contribution in [0, 0.1) is 17.2 Å². The molecule has 2 fully saturated rings. The lowest BCUT2D eigenvalue weighted by atomic mass is 9.94. The Hall–Kier alpha value is -2.03. The largest absolute Gasteiger partial charge is 0.466 e. The number of likely N-dealkylation sites (tertiary alicyclic amines) is 1. The summed E-state index contributed by atoms with van der Waals surface area (Å²) in [6, 6.07) is 2.28. The molecule has 2 aliphatic rings. The number of rotatable bonds is 5. The number of likely N-dealkylation sites (N-methyl/N-ethyl adjacent to an activating group) is 1. The highest BCUT2D eigenvalue weighted by molar-refractivity contribution is 5.97.